The lowest BCUT2D eigenvalue weighted by Crippen LogP contribution is -2.31. The zero-order chi connectivity index (χ0) is 20.1. The fourth-order valence-electron chi connectivity index (χ4n) is 4.22. The van der Waals surface area contributed by atoms with Crippen molar-refractivity contribution in [3.05, 3.63) is 58.1 Å². The van der Waals surface area contributed by atoms with Gasteiger partial charge in [-0.1, -0.05) is 37.6 Å². The molecule has 0 saturated heterocycles. The third-order valence-electron chi connectivity index (χ3n) is 5.70. The molecule has 0 spiro atoms. The van der Waals surface area contributed by atoms with Crippen molar-refractivity contribution in [2.45, 2.75) is 40.2 Å². The Labute approximate surface area is 169 Å². The van der Waals surface area contributed by atoms with E-state index in [1.165, 1.54) is 27.8 Å². The van der Waals surface area contributed by atoms with Crippen molar-refractivity contribution in [2.24, 2.45) is 0 Å². The zero-order valence-electron chi connectivity index (χ0n) is 18.0. The molecule has 1 aliphatic heterocycles. The fraction of sp³-hybridized carbons (Fsp3) is 0.500. The van der Waals surface area contributed by atoms with Crippen molar-refractivity contribution in [1.82, 2.24) is 10.2 Å². The molecule has 0 aliphatic carbocycles. The maximum atomic E-state index is 6.04. The van der Waals surface area contributed by atoms with Gasteiger partial charge in [0, 0.05) is 18.7 Å². The highest BCUT2D eigenvalue weighted by Gasteiger charge is 2.25. The van der Waals surface area contributed by atoms with E-state index >= 15 is 0 Å². The van der Waals surface area contributed by atoms with Gasteiger partial charge < -0.3 is 19.7 Å². The van der Waals surface area contributed by atoms with Crippen LogP contribution < -0.4 is 14.8 Å². The molecule has 0 radical (unpaired) electrons. The molecule has 2 aromatic carbocycles. The number of likely N-dealkylation sites (N-methyl/N-ethyl adjacent to an activating group) is 1. The molecule has 0 saturated carbocycles. The molecular formula is C24H34N2O2. The Morgan fingerprint density at radius 3 is 2.57 bits per heavy atom. The van der Waals surface area contributed by atoms with Crippen LogP contribution in [0, 0.1) is 13.8 Å². The average molecular weight is 383 g/mol. The van der Waals surface area contributed by atoms with Crippen molar-refractivity contribution in [3.8, 4) is 11.5 Å². The van der Waals surface area contributed by atoms with Crippen LogP contribution in [-0.4, -0.2) is 44.8 Å². The highest BCUT2D eigenvalue weighted by molar-refractivity contribution is 5.51. The second-order valence-corrected chi connectivity index (χ2v) is 7.58. The summed E-state index contributed by atoms with van der Waals surface area (Å²) in [5.41, 5.74) is 6.36. The summed E-state index contributed by atoms with van der Waals surface area (Å²) in [5, 5.41) is 3.69. The van der Waals surface area contributed by atoms with Gasteiger partial charge in [-0.25, -0.2) is 0 Å². The van der Waals surface area contributed by atoms with E-state index in [1.54, 1.807) is 7.11 Å². The van der Waals surface area contributed by atoms with Crippen LogP contribution in [0.1, 0.15) is 47.7 Å². The van der Waals surface area contributed by atoms with Crippen molar-refractivity contribution in [2.75, 3.05) is 39.9 Å². The topological polar surface area (TPSA) is 33.7 Å². The smallest absolute Gasteiger partial charge is 0.126 e. The van der Waals surface area contributed by atoms with Gasteiger partial charge in [0.1, 0.15) is 18.1 Å². The first-order chi connectivity index (χ1) is 13.6. The van der Waals surface area contributed by atoms with Gasteiger partial charge in [-0.2, -0.15) is 0 Å². The van der Waals surface area contributed by atoms with Gasteiger partial charge in [0.15, 0.2) is 0 Å². The first-order valence-corrected chi connectivity index (χ1v) is 10.4. The Kier molecular flexibility index (Phi) is 6.97. The second-order valence-electron chi connectivity index (χ2n) is 7.58. The lowest BCUT2D eigenvalue weighted by Gasteiger charge is -2.29. The third-order valence-corrected chi connectivity index (χ3v) is 5.70. The summed E-state index contributed by atoms with van der Waals surface area (Å²) in [5.74, 6) is 1.95. The lowest BCUT2D eigenvalue weighted by atomic mass is 9.88. The molecule has 1 heterocycles. The van der Waals surface area contributed by atoms with Crippen molar-refractivity contribution < 1.29 is 9.47 Å². The van der Waals surface area contributed by atoms with Crippen LogP contribution in [0.3, 0.4) is 0 Å². The van der Waals surface area contributed by atoms with E-state index in [-0.39, 0.29) is 6.04 Å². The van der Waals surface area contributed by atoms with Gasteiger partial charge in [-0.3, -0.25) is 0 Å². The molecular weight excluding hydrogens is 348 g/mol. The molecule has 4 heteroatoms. The van der Waals surface area contributed by atoms with Gasteiger partial charge in [-0.05, 0) is 62.2 Å². The normalized spacial score (nSPS) is 16.1. The number of rotatable bonds is 8. The summed E-state index contributed by atoms with van der Waals surface area (Å²) in [6.45, 7) is 13.4. The maximum absolute atomic E-state index is 6.04. The highest BCUT2D eigenvalue weighted by atomic mass is 16.5. The Morgan fingerprint density at radius 2 is 1.86 bits per heavy atom. The van der Waals surface area contributed by atoms with Crippen molar-refractivity contribution >= 4 is 0 Å². The minimum atomic E-state index is 0.155. The number of methoxy groups -OCH3 is 1. The van der Waals surface area contributed by atoms with E-state index in [0.717, 1.165) is 50.7 Å². The summed E-state index contributed by atoms with van der Waals surface area (Å²) < 4.78 is 11.8. The van der Waals surface area contributed by atoms with Gasteiger partial charge in [-0.15, -0.1) is 0 Å². The number of benzene rings is 2. The van der Waals surface area contributed by atoms with Crippen LogP contribution in [-0.2, 0) is 6.42 Å². The van der Waals surface area contributed by atoms with Crippen LogP contribution in [0.5, 0.6) is 11.5 Å². The number of hydrogen-bond acceptors (Lipinski definition) is 4. The van der Waals surface area contributed by atoms with Crippen LogP contribution in [0.4, 0.5) is 0 Å². The Morgan fingerprint density at radius 1 is 1.07 bits per heavy atom. The summed E-state index contributed by atoms with van der Waals surface area (Å²) in [6, 6.07) is 11.1. The molecule has 1 aliphatic rings. The van der Waals surface area contributed by atoms with E-state index < -0.39 is 0 Å². The SMILES string of the molecule is CCN(CC)CCOc1ccc2c(c1)CCNC2c1cc(C)cc(C)c1OC. The minimum absolute atomic E-state index is 0.155. The Balaban J connectivity index is 1.82. The van der Waals surface area contributed by atoms with Crippen LogP contribution in [0.25, 0.3) is 0 Å². The molecule has 4 nitrogen and oxygen atoms in total. The number of ether oxygens (including phenoxy) is 2. The standard InChI is InChI=1S/C24H34N2O2/c1-6-26(7-2)12-13-28-20-8-9-21-19(16-20)10-11-25-23(21)22-15-17(3)14-18(4)24(22)27-5/h8-9,14-16,23,25H,6-7,10-13H2,1-5H3. The summed E-state index contributed by atoms with van der Waals surface area (Å²) in [7, 11) is 1.76. The molecule has 0 bridgehead atoms. The summed E-state index contributed by atoms with van der Waals surface area (Å²) in [6.07, 6.45) is 1.02. The first kappa shape index (κ1) is 20.7. The molecule has 1 unspecified atom stereocenters. The van der Waals surface area contributed by atoms with Crippen molar-refractivity contribution in [1.29, 1.82) is 0 Å². The van der Waals surface area contributed by atoms with Gasteiger partial charge in [0.25, 0.3) is 0 Å². The molecule has 0 aromatic heterocycles. The van der Waals surface area contributed by atoms with E-state index in [0.29, 0.717) is 0 Å². The number of hydrogen-bond donors (Lipinski definition) is 1. The fourth-order valence-corrected chi connectivity index (χ4v) is 4.22. The lowest BCUT2D eigenvalue weighted by molar-refractivity contribution is 0.222. The third kappa shape index (κ3) is 4.50. The monoisotopic (exact) mass is 382 g/mol. The highest BCUT2D eigenvalue weighted by Crippen LogP contribution is 2.37. The maximum Gasteiger partial charge on any atom is 0.126 e. The first-order valence-electron chi connectivity index (χ1n) is 10.4. The van der Waals surface area contributed by atoms with Gasteiger partial charge in [0.2, 0.25) is 0 Å². The Bertz CT molecular complexity index is 799. The predicted molar refractivity (Wildman–Crippen MR) is 116 cm³/mol. The predicted octanol–water partition coefficient (Wildman–Crippen LogP) is 4.27. The van der Waals surface area contributed by atoms with Gasteiger partial charge >= 0.3 is 0 Å². The molecule has 152 valence electrons. The summed E-state index contributed by atoms with van der Waals surface area (Å²) in [4.78, 5) is 2.38. The largest absolute Gasteiger partial charge is 0.496 e. The molecule has 2 aromatic rings. The average Bonchev–Trinajstić information content (AvgIpc) is 2.70. The van der Waals surface area contributed by atoms with E-state index in [4.69, 9.17) is 9.47 Å². The number of nitrogens with one attached hydrogen (secondary N) is 1. The summed E-state index contributed by atoms with van der Waals surface area (Å²) >= 11 is 0. The van der Waals surface area contributed by atoms with Crippen LogP contribution in [0.2, 0.25) is 0 Å². The minimum Gasteiger partial charge on any atom is -0.496 e. The zero-order valence-corrected chi connectivity index (χ0v) is 18.0. The number of nitrogens with zero attached hydrogens (tertiary/aromatic N) is 1. The molecule has 28 heavy (non-hydrogen) atoms. The van der Waals surface area contributed by atoms with Gasteiger partial charge in [0.05, 0.1) is 13.2 Å². The molecule has 0 fully saturated rings. The molecule has 1 N–H and O–H groups in total. The molecule has 3 rings (SSSR count). The van der Waals surface area contributed by atoms with Crippen molar-refractivity contribution in [3.63, 3.8) is 0 Å². The molecule has 1 atom stereocenters. The molecule has 0 amide bonds. The van der Waals surface area contributed by atoms with Crippen LogP contribution >= 0.6 is 0 Å². The second kappa shape index (κ2) is 9.44. The van der Waals surface area contributed by atoms with Crippen LogP contribution in [0.15, 0.2) is 30.3 Å². The van der Waals surface area contributed by atoms with E-state index in [9.17, 15) is 0 Å². The van der Waals surface area contributed by atoms with E-state index in [2.05, 4.69) is 68.2 Å². The number of aryl methyl sites for hydroxylation is 2. The van der Waals surface area contributed by atoms with E-state index in [1.807, 2.05) is 0 Å². The quantitative estimate of drug-likeness (QED) is 0.739. The number of fused-ring (bicyclic) bond motifs is 1. The Hall–Kier alpha value is -2.04.